The summed E-state index contributed by atoms with van der Waals surface area (Å²) in [7, 11) is 0. The van der Waals surface area contributed by atoms with Crippen molar-refractivity contribution < 1.29 is 0 Å². The fraction of sp³-hybridized carbons (Fsp3) is 0.417. The van der Waals surface area contributed by atoms with E-state index in [1.165, 1.54) is 5.56 Å². The number of hydrogen-bond donors (Lipinski definition) is 1. The van der Waals surface area contributed by atoms with Crippen LogP contribution in [0.15, 0.2) is 35.3 Å². The van der Waals surface area contributed by atoms with Crippen LogP contribution < -0.4 is 5.32 Å². The van der Waals surface area contributed by atoms with Gasteiger partial charge in [0, 0.05) is 25.8 Å². The number of rotatable bonds is 1. The molecule has 3 heteroatoms. The number of piperazine rings is 1. The Balaban J connectivity index is 1.89. The number of hydrogen-bond acceptors (Lipinski definition) is 3. The van der Waals surface area contributed by atoms with Gasteiger partial charge in [0.25, 0.3) is 0 Å². The van der Waals surface area contributed by atoms with Gasteiger partial charge >= 0.3 is 0 Å². The van der Waals surface area contributed by atoms with Crippen molar-refractivity contribution in [1.82, 2.24) is 10.2 Å². The van der Waals surface area contributed by atoms with Crippen molar-refractivity contribution in [3.8, 4) is 0 Å². The van der Waals surface area contributed by atoms with E-state index in [2.05, 4.69) is 45.5 Å². The lowest BCUT2D eigenvalue weighted by Gasteiger charge is -2.36. The quantitative estimate of drug-likeness (QED) is 0.735. The van der Waals surface area contributed by atoms with Crippen molar-refractivity contribution in [2.75, 3.05) is 19.6 Å². The number of fused-ring (bicyclic) bond motifs is 1. The molecule has 2 unspecified atom stereocenters. The second-order valence-corrected chi connectivity index (χ2v) is 4.08. The number of benzene rings is 1. The fourth-order valence-corrected chi connectivity index (χ4v) is 2.40. The van der Waals surface area contributed by atoms with Crippen molar-refractivity contribution in [3.63, 3.8) is 0 Å². The van der Waals surface area contributed by atoms with Gasteiger partial charge in [0.15, 0.2) is 0 Å². The summed E-state index contributed by atoms with van der Waals surface area (Å²) in [5.41, 5.74) is 1.34. The molecule has 78 valence electrons. The maximum atomic E-state index is 4.55. The van der Waals surface area contributed by atoms with E-state index < -0.39 is 0 Å². The van der Waals surface area contributed by atoms with Gasteiger partial charge in [-0.3, -0.25) is 9.89 Å². The SMILES string of the molecule is C1=NC2C(c3ccccc3)NCCN2C1. The van der Waals surface area contributed by atoms with E-state index in [9.17, 15) is 0 Å². The third kappa shape index (κ3) is 1.58. The van der Waals surface area contributed by atoms with Gasteiger partial charge in [-0.2, -0.15) is 0 Å². The van der Waals surface area contributed by atoms with Gasteiger partial charge in [-0.05, 0) is 5.56 Å². The number of aliphatic imine (C=N–C) groups is 1. The van der Waals surface area contributed by atoms with Gasteiger partial charge in [0.1, 0.15) is 6.17 Å². The third-order valence-corrected chi connectivity index (χ3v) is 3.17. The first-order valence-electron chi connectivity index (χ1n) is 5.49. The second-order valence-electron chi connectivity index (χ2n) is 4.08. The van der Waals surface area contributed by atoms with E-state index in [1.54, 1.807) is 0 Å². The fourth-order valence-electron chi connectivity index (χ4n) is 2.40. The van der Waals surface area contributed by atoms with Crippen LogP contribution in [-0.2, 0) is 0 Å². The molecule has 1 aromatic rings. The maximum absolute atomic E-state index is 4.55. The topological polar surface area (TPSA) is 27.6 Å². The maximum Gasteiger partial charge on any atom is 0.122 e. The van der Waals surface area contributed by atoms with Crippen LogP contribution in [0.2, 0.25) is 0 Å². The molecule has 2 atom stereocenters. The van der Waals surface area contributed by atoms with Crippen molar-refractivity contribution in [3.05, 3.63) is 35.9 Å². The molecule has 3 nitrogen and oxygen atoms in total. The molecule has 0 saturated carbocycles. The van der Waals surface area contributed by atoms with E-state index in [0.29, 0.717) is 12.2 Å². The van der Waals surface area contributed by atoms with Gasteiger partial charge in [-0.25, -0.2) is 0 Å². The summed E-state index contributed by atoms with van der Waals surface area (Å²) < 4.78 is 0. The lowest BCUT2D eigenvalue weighted by Crippen LogP contribution is -2.50. The molecule has 1 saturated heterocycles. The molecular formula is C12H15N3. The smallest absolute Gasteiger partial charge is 0.122 e. The molecule has 0 radical (unpaired) electrons. The Bertz CT molecular complexity index is 360. The zero-order valence-electron chi connectivity index (χ0n) is 8.63. The molecule has 1 aromatic carbocycles. The molecule has 0 spiro atoms. The molecule has 3 rings (SSSR count). The Morgan fingerprint density at radius 1 is 1.27 bits per heavy atom. The van der Waals surface area contributed by atoms with Crippen LogP contribution in [-0.4, -0.2) is 36.9 Å². The summed E-state index contributed by atoms with van der Waals surface area (Å²) in [6.07, 6.45) is 2.34. The first-order chi connectivity index (χ1) is 7.45. The number of nitrogens with zero attached hydrogens (tertiary/aromatic N) is 2. The molecule has 2 aliphatic rings. The minimum Gasteiger partial charge on any atom is -0.306 e. The van der Waals surface area contributed by atoms with Gasteiger partial charge in [0.2, 0.25) is 0 Å². The first-order valence-corrected chi connectivity index (χ1v) is 5.49. The molecule has 0 aromatic heterocycles. The van der Waals surface area contributed by atoms with Crippen LogP contribution in [0.1, 0.15) is 11.6 Å². The predicted octanol–water partition coefficient (Wildman–Crippen LogP) is 1.04. The minimum atomic E-state index is 0.307. The lowest BCUT2D eigenvalue weighted by molar-refractivity contribution is 0.160. The highest BCUT2D eigenvalue weighted by Crippen LogP contribution is 2.26. The Morgan fingerprint density at radius 2 is 2.13 bits per heavy atom. The van der Waals surface area contributed by atoms with Crippen LogP contribution in [0.25, 0.3) is 0 Å². The number of nitrogens with one attached hydrogen (secondary N) is 1. The van der Waals surface area contributed by atoms with Crippen LogP contribution in [0.4, 0.5) is 0 Å². The minimum absolute atomic E-state index is 0.307. The zero-order chi connectivity index (χ0) is 10.1. The van der Waals surface area contributed by atoms with Gasteiger partial charge in [-0.15, -0.1) is 0 Å². The van der Waals surface area contributed by atoms with E-state index in [1.807, 2.05) is 6.21 Å². The highest BCUT2D eigenvalue weighted by atomic mass is 15.3. The molecule has 2 heterocycles. The monoisotopic (exact) mass is 201 g/mol. The molecule has 0 bridgehead atoms. The summed E-state index contributed by atoms with van der Waals surface area (Å²) in [5.74, 6) is 0. The largest absolute Gasteiger partial charge is 0.306 e. The molecule has 2 aliphatic heterocycles. The highest BCUT2D eigenvalue weighted by molar-refractivity contribution is 5.62. The standard InChI is InChI=1S/C12H15N3/c1-2-4-10(5-3-1)11-12-14-7-9-15(12)8-6-13-11/h1-5,7,11-13H,6,8-9H2. The Kier molecular flexibility index (Phi) is 2.27. The van der Waals surface area contributed by atoms with Crippen LogP contribution in [0.5, 0.6) is 0 Å². The van der Waals surface area contributed by atoms with Crippen LogP contribution in [0.3, 0.4) is 0 Å². The molecule has 1 N–H and O–H groups in total. The molecule has 0 amide bonds. The van der Waals surface area contributed by atoms with E-state index in [-0.39, 0.29) is 0 Å². The summed E-state index contributed by atoms with van der Waals surface area (Å²) >= 11 is 0. The van der Waals surface area contributed by atoms with Crippen molar-refractivity contribution in [2.24, 2.45) is 4.99 Å². The van der Waals surface area contributed by atoms with Crippen molar-refractivity contribution in [2.45, 2.75) is 12.2 Å². The normalized spacial score (nSPS) is 30.4. The highest BCUT2D eigenvalue weighted by Gasteiger charge is 2.33. The first kappa shape index (κ1) is 9.07. The van der Waals surface area contributed by atoms with Gasteiger partial charge < -0.3 is 5.32 Å². The van der Waals surface area contributed by atoms with Gasteiger partial charge in [0.05, 0.1) is 6.04 Å². The molecule has 15 heavy (non-hydrogen) atoms. The van der Waals surface area contributed by atoms with Gasteiger partial charge in [-0.1, -0.05) is 30.3 Å². The van der Waals surface area contributed by atoms with Crippen LogP contribution >= 0.6 is 0 Å². The Labute approximate surface area is 89.8 Å². The summed E-state index contributed by atoms with van der Waals surface area (Å²) in [5, 5.41) is 3.55. The average Bonchev–Trinajstić information content (AvgIpc) is 2.78. The second kappa shape index (κ2) is 3.76. The predicted molar refractivity (Wildman–Crippen MR) is 61.0 cm³/mol. The molecular weight excluding hydrogens is 186 g/mol. The lowest BCUT2D eigenvalue weighted by atomic mass is 10.0. The van der Waals surface area contributed by atoms with Crippen LogP contribution in [0, 0.1) is 0 Å². The van der Waals surface area contributed by atoms with E-state index in [0.717, 1.165) is 19.6 Å². The van der Waals surface area contributed by atoms with E-state index in [4.69, 9.17) is 0 Å². The summed E-state index contributed by atoms with van der Waals surface area (Å²) in [6.45, 7) is 3.17. The zero-order valence-corrected chi connectivity index (χ0v) is 8.63. The van der Waals surface area contributed by atoms with Crippen molar-refractivity contribution >= 4 is 6.21 Å². The summed E-state index contributed by atoms with van der Waals surface area (Å²) in [4.78, 5) is 6.98. The third-order valence-electron chi connectivity index (χ3n) is 3.17. The average molecular weight is 201 g/mol. The Hall–Kier alpha value is -1.19. The Morgan fingerprint density at radius 3 is 3.00 bits per heavy atom. The van der Waals surface area contributed by atoms with Crippen molar-refractivity contribution in [1.29, 1.82) is 0 Å². The molecule has 1 fully saturated rings. The summed E-state index contributed by atoms with van der Waals surface area (Å²) in [6, 6.07) is 11.0. The molecule has 0 aliphatic carbocycles. The van der Waals surface area contributed by atoms with E-state index >= 15 is 0 Å².